The third-order valence-corrected chi connectivity index (χ3v) is 9.15. The summed E-state index contributed by atoms with van der Waals surface area (Å²) in [6.45, 7) is 5.94. The quantitative estimate of drug-likeness (QED) is 0.636. The van der Waals surface area contributed by atoms with Crippen LogP contribution in [0.2, 0.25) is 0 Å². The normalized spacial score (nSPS) is 54.3. The molecule has 0 bridgehead atoms. The molecule has 0 saturated heterocycles. The van der Waals surface area contributed by atoms with Crippen LogP contribution in [-0.4, -0.2) is 33.0 Å². The van der Waals surface area contributed by atoms with Crippen molar-refractivity contribution in [2.45, 2.75) is 84.0 Å². The SMILES string of the molecule is CC(=O)[C@H]1C(O)C(O)(O)[C@H]2[C@@H]3CCC4CCCC[C@]4(C)[C@H]3CC[C@@]21C. The maximum absolute atomic E-state index is 12.3. The summed E-state index contributed by atoms with van der Waals surface area (Å²) >= 11 is 0. The summed E-state index contributed by atoms with van der Waals surface area (Å²) in [5.74, 6) is -1.87. The average molecular weight is 350 g/mol. The minimum atomic E-state index is -2.15. The highest BCUT2D eigenvalue weighted by molar-refractivity contribution is 5.80. The standard InChI is InChI=1S/C21H34O4/c1-12(22)16-18(23)21(24,25)17-14-8-7-13-6-4-5-10-19(13,2)15(14)9-11-20(16,17)3/h13-18,23-25H,4-11H2,1-3H3/t13?,14-,15+,16+,17+,18?,19+,20-/m1/s1. The van der Waals surface area contributed by atoms with Crippen LogP contribution in [0.3, 0.4) is 0 Å². The second-order valence-corrected chi connectivity index (χ2v) is 10.1. The summed E-state index contributed by atoms with van der Waals surface area (Å²) in [4.78, 5) is 12.3. The minimum Gasteiger partial charge on any atom is -0.387 e. The zero-order valence-corrected chi connectivity index (χ0v) is 15.9. The number of rotatable bonds is 1. The van der Waals surface area contributed by atoms with E-state index in [4.69, 9.17) is 0 Å². The van der Waals surface area contributed by atoms with Crippen LogP contribution in [0, 0.1) is 40.4 Å². The highest BCUT2D eigenvalue weighted by Crippen LogP contribution is 2.69. The topological polar surface area (TPSA) is 77.8 Å². The Kier molecular flexibility index (Phi) is 3.97. The van der Waals surface area contributed by atoms with Crippen molar-refractivity contribution in [2.75, 3.05) is 0 Å². The molecular weight excluding hydrogens is 316 g/mol. The third kappa shape index (κ3) is 2.20. The van der Waals surface area contributed by atoms with E-state index in [-0.39, 0.29) is 17.1 Å². The maximum atomic E-state index is 12.3. The summed E-state index contributed by atoms with van der Waals surface area (Å²) in [6.07, 6.45) is 7.81. The van der Waals surface area contributed by atoms with Gasteiger partial charge in [0, 0.05) is 5.92 Å². The molecule has 3 N–H and O–H groups in total. The number of fused-ring (bicyclic) bond motifs is 5. The molecule has 4 saturated carbocycles. The van der Waals surface area contributed by atoms with E-state index in [1.807, 2.05) is 6.92 Å². The van der Waals surface area contributed by atoms with Crippen molar-refractivity contribution in [2.24, 2.45) is 40.4 Å². The van der Waals surface area contributed by atoms with Gasteiger partial charge >= 0.3 is 0 Å². The number of aliphatic hydroxyl groups excluding tert-OH is 1. The second-order valence-electron chi connectivity index (χ2n) is 10.1. The minimum absolute atomic E-state index is 0.110. The lowest BCUT2D eigenvalue weighted by molar-refractivity contribution is -0.269. The Bertz CT molecular complexity index is 572. The number of ketones is 1. The summed E-state index contributed by atoms with van der Waals surface area (Å²) in [6, 6.07) is 0. The van der Waals surface area contributed by atoms with Gasteiger partial charge in [0.25, 0.3) is 0 Å². The van der Waals surface area contributed by atoms with Gasteiger partial charge in [-0.15, -0.1) is 0 Å². The molecule has 25 heavy (non-hydrogen) atoms. The van der Waals surface area contributed by atoms with Crippen LogP contribution in [0.5, 0.6) is 0 Å². The first kappa shape index (κ1) is 17.9. The van der Waals surface area contributed by atoms with E-state index in [0.717, 1.165) is 31.6 Å². The number of aliphatic hydroxyl groups is 3. The molecule has 4 rings (SSSR count). The van der Waals surface area contributed by atoms with Gasteiger partial charge in [-0.3, -0.25) is 4.79 Å². The monoisotopic (exact) mass is 350 g/mol. The van der Waals surface area contributed by atoms with Crippen molar-refractivity contribution in [1.29, 1.82) is 0 Å². The molecule has 4 aliphatic carbocycles. The summed E-state index contributed by atoms with van der Waals surface area (Å²) in [5.41, 5.74) is -0.217. The van der Waals surface area contributed by atoms with Crippen LogP contribution in [0.25, 0.3) is 0 Å². The Morgan fingerprint density at radius 2 is 1.68 bits per heavy atom. The zero-order chi connectivity index (χ0) is 18.2. The van der Waals surface area contributed by atoms with Crippen LogP contribution in [0.1, 0.15) is 72.1 Å². The molecule has 8 atom stereocenters. The highest BCUT2D eigenvalue weighted by Gasteiger charge is 2.71. The number of hydrogen-bond acceptors (Lipinski definition) is 4. The van der Waals surface area contributed by atoms with E-state index >= 15 is 0 Å². The summed E-state index contributed by atoms with van der Waals surface area (Å²) < 4.78 is 0. The molecule has 142 valence electrons. The lowest BCUT2D eigenvalue weighted by Gasteiger charge is -2.61. The van der Waals surface area contributed by atoms with E-state index in [1.54, 1.807) is 0 Å². The first-order valence-corrected chi connectivity index (χ1v) is 10.3. The van der Waals surface area contributed by atoms with E-state index in [1.165, 1.54) is 32.6 Å². The predicted octanol–water partition coefficient (Wildman–Crippen LogP) is 2.89. The van der Waals surface area contributed by atoms with Crippen molar-refractivity contribution in [3.05, 3.63) is 0 Å². The predicted molar refractivity (Wildman–Crippen MR) is 94.5 cm³/mol. The maximum Gasteiger partial charge on any atom is 0.193 e. The molecule has 0 aromatic heterocycles. The van der Waals surface area contributed by atoms with Crippen molar-refractivity contribution in [3.8, 4) is 0 Å². The van der Waals surface area contributed by atoms with Gasteiger partial charge in [0.05, 0.1) is 5.92 Å². The second kappa shape index (κ2) is 5.53. The molecule has 0 amide bonds. The Labute approximate surface area is 151 Å². The van der Waals surface area contributed by atoms with Crippen LogP contribution >= 0.6 is 0 Å². The molecule has 2 unspecified atom stereocenters. The first-order valence-electron chi connectivity index (χ1n) is 10.3. The fraction of sp³-hybridized carbons (Fsp3) is 0.952. The van der Waals surface area contributed by atoms with E-state index in [0.29, 0.717) is 5.92 Å². The lowest BCUT2D eigenvalue weighted by atomic mass is 9.44. The van der Waals surface area contributed by atoms with E-state index in [9.17, 15) is 20.1 Å². The fourth-order valence-corrected chi connectivity index (χ4v) is 8.16. The average Bonchev–Trinajstić information content (AvgIpc) is 2.69. The van der Waals surface area contributed by atoms with Gasteiger partial charge in [0.1, 0.15) is 11.9 Å². The van der Waals surface area contributed by atoms with Crippen LogP contribution < -0.4 is 0 Å². The lowest BCUT2D eigenvalue weighted by Crippen LogP contribution is -2.57. The zero-order valence-electron chi connectivity index (χ0n) is 15.9. The van der Waals surface area contributed by atoms with Crippen molar-refractivity contribution in [3.63, 3.8) is 0 Å². The van der Waals surface area contributed by atoms with Gasteiger partial charge in [0.2, 0.25) is 0 Å². The van der Waals surface area contributed by atoms with E-state index < -0.39 is 29.1 Å². The number of hydrogen-bond donors (Lipinski definition) is 3. The van der Waals surface area contributed by atoms with Crippen LogP contribution in [0.4, 0.5) is 0 Å². The number of carbonyl (C=O) groups is 1. The molecule has 4 fully saturated rings. The highest BCUT2D eigenvalue weighted by atomic mass is 16.5. The van der Waals surface area contributed by atoms with Gasteiger partial charge in [-0.05, 0) is 74.0 Å². The fourth-order valence-electron chi connectivity index (χ4n) is 8.16. The molecule has 4 heteroatoms. The first-order chi connectivity index (χ1) is 11.6. The number of carbonyl (C=O) groups excluding carboxylic acids is 1. The van der Waals surface area contributed by atoms with Gasteiger partial charge in [-0.2, -0.15) is 0 Å². The molecule has 0 heterocycles. The van der Waals surface area contributed by atoms with Crippen LogP contribution in [-0.2, 0) is 4.79 Å². The Balaban J connectivity index is 1.75. The molecule has 0 spiro atoms. The van der Waals surface area contributed by atoms with Crippen molar-refractivity contribution < 1.29 is 20.1 Å². The van der Waals surface area contributed by atoms with Gasteiger partial charge < -0.3 is 15.3 Å². The van der Waals surface area contributed by atoms with Crippen molar-refractivity contribution in [1.82, 2.24) is 0 Å². The molecule has 4 aliphatic rings. The Hall–Kier alpha value is -0.450. The van der Waals surface area contributed by atoms with Crippen LogP contribution in [0.15, 0.2) is 0 Å². The molecule has 4 nitrogen and oxygen atoms in total. The molecule has 0 radical (unpaired) electrons. The largest absolute Gasteiger partial charge is 0.387 e. The van der Waals surface area contributed by atoms with Gasteiger partial charge in [-0.25, -0.2) is 0 Å². The van der Waals surface area contributed by atoms with Gasteiger partial charge in [-0.1, -0.05) is 26.7 Å². The molecule has 0 aliphatic heterocycles. The molecular formula is C21H34O4. The van der Waals surface area contributed by atoms with Crippen molar-refractivity contribution >= 4 is 5.78 Å². The smallest absolute Gasteiger partial charge is 0.193 e. The van der Waals surface area contributed by atoms with Gasteiger partial charge in [0.15, 0.2) is 5.79 Å². The number of Topliss-reactive ketones (excluding diaryl/α,β-unsaturated/α-hetero) is 1. The Morgan fingerprint density at radius 1 is 0.960 bits per heavy atom. The molecule has 0 aromatic carbocycles. The van der Waals surface area contributed by atoms with E-state index in [2.05, 4.69) is 6.92 Å². The summed E-state index contributed by atoms with van der Waals surface area (Å²) in [5, 5.41) is 32.5. The summed E-state index contributed by atoms with van der Waals surface area (Å²) in [7, 11) is 0. The third-order valence-electron chi connectivity index (χ3n) is 9.15. The Morgan fingerprint density at radius 3 is 2.36 bits per heavy atom. The molecule has 0 aromatic rings.